The molecule has 0 aliphatic heterocycles. The summed E-state index contributed by atoms with van der Waals surface area (Å²) in [4.78, 5) is 3.95. The number of hydrogen-bond acceptors (Lipinski definition) is 4. The molecule has 0 radical (unpaired) electrons. The van der Waals surface area contributed by atoms with E-state index in [0.717, 1.165) is 5.82 Å². The van der Waals surface area contributed by atoms with Crippen LogP contribution in [0, 0.1) is 5.92 Å². The Hall–Kier alpha value is -0.660. The lowest BCUT2D eigenvalue weighted by molar-refractivity contribution is 0.566. The fourth-order valence-electron chi connectivity index (χ4n) is 1.31. The van der Waals surface area contributed by atoms with E-state index >= 15 is 0 Å². The highest BCUT2D eigenvalue weighted by Gasteiger charge is 2.14. The number of sulfonamides is 1. The molecule has 8 heteroatoms. The molecule has 0 aliphatic carbocycles. The second kappa shape index (κ2) is 6.93. The first-order chi connectivity index (χ1) is 8.03. The van der Waals surface area contributed by atoms with E-state index in [-0.39, 0.29) is 11.7 Å². The number of alkyl halides is 1. The van der Waals surface area contributed by atoms with Crippen molar-refractivity contribution in [3.05, 3.63) is 12.2 Å². The lowest BCUT2D eigenvalue weighted by Crippen LogP contribution is -2.30. The Morgan fingerprint density at radius 3 is 2.94 bits per heavy atom. The average molecular weight is 281 g/mol. The number of rotatable bonds is 8. The van der Waals surface area contributed by atoms with Crippen LogP contribution in [0.1, 0.15) is 19.2 Å². The Morgan fingerprint density at radius 1 is 1.59 bits per heavy atom. The van der Waals surface area contributed by atoms with Crippen LogP contribution in [-0.2, 0) is 16.4 Å². The van der Waals surface area contributed by atoms with E-state index in [4.69, 9.17) is 11.6 Å². The molecule has 0 fully saturated rings. The first-order valence-corrected chi connectivity index (χ1v) is 7.59. The van der Waals surface area contributed by atoms with Crippen LogP contribution in [-0.4, -0.2) is 41.8 Å². The molecule has 1 rings (SSSR count). The zero-order valence-electron chi connectivity index (χ0n) is 9.69. The molecule has 0 aromatic carbocycles. The molecular weight excluding hydrogens is 264 g/mol. The topological polar surface area (TPSA) is 87.7 Å². The summed E-state index contributed by atoms with van der Waals surface area (Å²) in [5.74, 6) is 1.14. The Balaban J connectivity index is 2.21. The predicted molar refractivity (Wildman–Crippen MR) is 66.4 cm³/mol. The first kappa shape index (κ1) is 14.4. The van der Waals surface area contributed by atoms with Crippen molar-refractivity contribution in [2.45, 2.75) is 19.8 Å². The van der Waals surface area contributed by atoms with Crippen LogP contribution in [0.15, 0.2) is 6.33 Å². The summed E-state index contributed by atoms with van der Waals surface area (Å²) in [5.41, 5.74) is 0. The van der Waals surface area contributed by atoms with E-state index in [0.29, 0.717) is 25.3 Å². The maximum atomic E-state index is 11.6. The Kier molecular flexibility index (Phi) is 5.87. The molecule has 1 unspecified atom stereocenters. The summed E-state index contributed by atoms with van der Waals surface area (Å²) < 4.78 is 25.6. The molecule has 0 amide bonds. The van der Waals surface area contributed by atoms with Crippen LogP contribution < -0.4 is 4.72 Å². The molecule has 17 heavy (non-hydrogen) atoms. The number of nitrogens with one attached hydrogen (secondary N) is 2. The van der Waals surface area contributed by atoms with Gasteiger partial charge in [0.1, 0.15) is 12.2 Å². The minimum absolute atomic E-state index is 0.0385. The maximum Gasteiger partial charge on any atom is 0.211 e. The first-order valence-electron chi connectivity index (χ1n) is 5.41. The number of aryl methyl sites for hydroxylation is 1. The molecule has 6 nitrogen and oxygen atoms in total. The summed E-state index contributed by atoms with van der Waals surface area (Å²) >= 11 is 5.58. The number of hydrogen-bond donors (Lipinski definition) is 2. The van der Waals surface area contributed by atoms with Crippen molar-refractivity contribution in [3.63, 3.8) is 0 Å². The largest absolute Gasteiger partial charge is 0.263 e. The van der Waals surface area contributed by atoms with Gasteiger partial charge in [0.05, 0.1) is 5.75 Å². The average Bonchev–Trinajstić information content (AvgIpc) is 2.76. The lowest BCUT2D eigenvalue weighted by atomic mass is 10.3. The van der Waals surface area contributed by atoms with Crippen molar-refractivity contribution < 1.29 is 8.42 Å². The second-order valence-electron chi connectivity index (χ2n) is 3.97. The molecule has 0 saturated carbocycles. The quantitative estimate of drug-likeness (QED) is 0.537. The molecule has 1 atom stereocenters. The molecule has 1 aromatic heterocycles. The minimum atomic E-state index is -3.21. The van der Waals surface area contributed by atoms with Gasteiger partial charge in [-0.3, -0.25) is 5.10 Å². The van der Waals surface area contributed by atoms with Crippen LogP contribution in [0.3, 0.4) is 0 Å². The van der Waals surface area contributed by atoms with Crippen molar-refractivity contribution >= 4 is 21.6 Å². The van der Waals surface area contributed by atoms with E-state index < -0.39 is 10.0 Å². The predicted octanol–water partition coefficient (Wildman–Crippen LogP) is 0.532. The third-order valence-electron chi connectivity index (χ3n) is 2.14. The summed E-state index contributed by atoms with van der Waals surface area (Å²) in [6.07, 6.45) is 2.79. The van der Waals surface area contributed by atoms with Gasteiger partial charge in [0, 0.05) is 18.8 Å². The van der Waals surface area contributed by atoms with Crippen LogP contribution in [0.2, 0.25) is 0 Å². The van der Waals surface area contributed by atoms with Crippen molar-refractivity contribution in [1.29, 1.82) is 0 Å². The van der Waals surface area contributed by atoms with Gasteiger partial charge in [0.15, 0.2) is 0 Å². The zero-order chi connectivity index (χ0) is 12.7. The van der Waals surface area contributed by atoms with E-state index in [9.17, 15) is 8.42 Å². The van der Waals surface area contributed by atoms with Gasteiger partial charge in [-0.15, -0.1) is 11.6 Å². The van der Waals surface area contributed by atoms with Gasteiger partial charge >= 0.3 is 0 Å². The second-order valence-corrected chi connectivity index (χ2v) is 6.13. The van der Waals surface area contributed by atoms with E-state index in [1.165, 1.54) is 6.33 Å². The zero-order valence-corrected chi connectivity index (χ0v) is 11.3. The van der Waals surface area contributed by atoms with E-state index in [1.54, 1.807) is 6.92 Å². The molecule has 98 valence electrons. The molecule has 2 N–H and O–H groups in total. The van der Waals surface area contributed by atoms with Gasteiger partial charge in [0.2, 0.25) is 10.0 Å². The summed E-state index contributed by atoms with van der Waals surface area (Å²) in [6, 6.07) is 0. The van der Waals surface area contributed by atoms with E-state index in [1.807, 2.05) is 0 Å². The lowest BCUT2D eigenvalue weighted by Gasteiger charge is -2.09. The van der Waals surface area contributed by atoms with Crippen molar-refractivity contribution in [2.75, 3.05) is 18.2 Å². The molecule has 1 heterocycles. The third-order valence-corrected chi connectivity index (χ3v) is 4.32. The van der Waals surface area contributed by atoms with Gasteiger partial charge in [-0.2, -0.15) is 5.10 Å². The highest BCUT2D eigenvalue weighted by atomic mass is 35.5. The van der Waals surface area contributed by atoms with Gasteiger partial charge < -0.3 is 0 Å². The normalized spacial score (nSPS) is 13.8. The van der Waals surface area contributed by atoms with Gasteiger partial charge in [-0.25, -0.2) is 18.1 Å². The number of aromatic amines is 1. The highest BCUT2D eigenvalue weighted by Crippen LogP contribution is 2.02. The summed E-state index contributed by atoms with van der Waals surface area (Å²) in [7, 11) is -3.21. The van der Waals surface area contributed by atoms with Crippen LogP contribution in [0.25, 0.3) is 0 Å². The molecule has 0 spiro atoms. The van der Waals surface area contributed by atoms with Gasteiger partial charge in [0.25, 0.3) is 0 Å². The number of aromatic nitrogens is 3. The van der Waals surface area contributed by atoms with Crippen molar-refractivity contribution in [1.82, 2.24) is 19.9 Å². The molecule has 1 aromatic rings. The van der Waals surface area contributed by atoms with E-state index in [2.05, 4.69) is 19.9 Å². The molecule has 0 aliphatic rings. The number of halogens is 1. The standard InChI is InChI=1S/C9H17ClN4O2S/c1-8(5-10)6-17(15,16)13-4-2-3-9-11-7-12-14-9/h7-8,13H,2-6H2,1H3,(H,11,12,14). The highest BCUT2D eigenvalue weighted by molar-refractivity contribution is 7.89. The minimum Gasteiger partial charge on any atom is -0.263 e. The third kappa shape index (κ3) is 5.99. The maximum absolute atomic E-state index is 11.6. The SMILES string of the molecule is CC(CCl)CS(=O)(=O)NCCCc1ncn[nH]1. The number of H-pyrrole nitrogens is 1. The van der Waals surface area contributed by atoms with Crippen molar-refractivity contribution in [2.24, 2.45) is 5.92 Å². The van der Waals surface area contributed by atoms with Crippen LogP contribution in [0.5, 0.6) is 0 Å². The number of nitrogens with zero attached hydrogens (tertiary/aromatic N) is 2. The molecular formula is C9H17ClN4O2S. The summed E-state index contributed by atoms with van der Waals surface area (Å²) in [5, 5.41) is 6.43. The smallest absolute Gasteiger partial charge is 0.211 e. The molecule has 0 saturated heterocycles. The van der Waals surface area contributed by atoms with Crippen LogP contribution in [0.4, 0.5) is 0 Å². The molecule has 0 bridgehead atoms. The Bertz CT molecular complexity index is 407. The summed E-state index contributed by atoms with van der Waals surface area (Å²) in [6.45, 7) is 2.21. The fraction of sp³-hybridized carbons (Fsp3) is 0.778. The van der Waals surface area contributed by atoms with Crippen LogP contribution >= 0.6 is 11.6 Å². The van der Waals surface area contributed by atoms with Gasteiger partial charge in [-0.1, -0.05) is 6.92 Å². The Morgan fingerprint density at radius 2 is 2.35 bits per heavy atom. The monoisotopic (exact) mass is 280 g/mol. The van der Waals surface area contributed by atoms with Gasteiger partial charge in [-0.05, 0) is 12.3 Å². The Labute approximate surface area is 106 Å². The van der Waals surface area contributed by atoms with Crippen molar-refractivity contribution in [3.8, 4) is 0 Å². The fourth-order valence-corrected chi connectivity index (χ4v) is 2.99.